The molecule has 0 saturated carbocycles. The van der Waals surface area contributed by atoms with Crippen molar-refractivity contribution in [2.24, 2.45) is 0 Å². The van der Waals surface area contributed by atoms with Crippen molar-refractivity contribution in [3.8, 4) is 0 Å². The molecule has 114 valence electrons. The lowest BCUT2D eigenvalue weighted by Gasteiger charge is -2.15. The zero-order valence-electron chi connectivity index (χ0n) is 11.8. The standard InChI is InChI=1S/C15H18ClNO3S/c1-10(17-9-13-3-2-6-21(13,18)19)15-8-11-7-12(16)4-5-14(11)20-15/h4-5,7-8,10,13,17H,2-3,6,9H2,1H3/t10-,13-/m1/s1. The van der Waals surface area contributed by atoms with Gasteiger partial charge in [-0.2, -0.15) is 0 Å². The molecule has 0 aliphatic carbocycles. The molecule has 21 heavy (non-hydrogen) atoms. The molecule has 0 radical (unpaired) electrons. The molecule has 1 fully saturated rings. The zero-order chi connectivity index (χ0) is 15.0. The number of hydrogen-bond donors (Lipinski definition) is 1. The van der Waals surface area contributed by atoms with E-state index in [0.717, 1.165) is 29.6 Å². The second-order valence-electron chi connectivity index (χ2n) is 5.59. The van der Waals surface area contributed by atoms with Gasteiger partial charge in [0.05, 0.1) is 17.0 Å². The van der Waals surface area contributed by atoms with E-state index >= 15 is 0 Å². The maximum atomic E-state index is 11.8. The molecule has 0 unspecified atom stereocenters. The summed E-state index contributed by atoms with van der Waals surface area (Å²) in [6.45, 7) is 2.45. The zero-order valence-corrected chi connectivity index (χ0v) is 13.4. The maximum absolute atomic E-state index is 11.8. The Bertz CT molecular complexity index is 753. The van der Waals surface area contributed by atoms with Gasteiger partial charge in [0.15, 0.2) is 9.84 Å². The number of halogens is 1. The number of nitrogens with one attached hydrogen (secondary N) is 1. The topological polar surface area (TPSA) is 59.3 Å². The van der Waals surface area contributed by atoms with Crippen LogP contribution in [0.25, 0.3) is 11.0 Å². The second kappa shape index (κ2) is 5.63. The summed E-state index contributed by atoms with van der Waals surface area (Å²) < 4.78 is 29.4. The number of hydrogen-bond acceptors (Lipinski definition) is 4. The van der Waals surface area contributed by atoms with Gasteiger partial charge < -0.3 is 9.73 Å². The van der Waals surface area contributed by atoms with Crippen molar-refractivity contribution in [3.05, 3.63) is 35.0 Å². The molecule has 1 N–H and O–H groups in total. The van der Waals surface area contributed by atoms with E-state index in [1.165, 1.54) is 0 Å². The summed E-state index contributed by atoms with van der Waals surface area (Å²) >= 11 is 5.96. The van der Waals surface area contributed by atoms with Gasteiger partial charge >= 0.3 is 0 Å². The van der Waals surface area contributed by atoms with Gasteiger partial charge in [0.25, 0.3) is 0 Å². The van der Waals surface area contributed by atoms with E-state index in [-0.39, 0.29) is 11.3 Å². The molecular weight excluding hydrogens is 310 g/mol. The second-order valence-corrected chi connectivity index (χ2v) is 8.43. The van der Waals surface area contributed by atoms with Crippen LogP contribution in [0.1, 0.15) is 31.6 Å². The van der Waals surface area contributed by atoms with Crippen molar-refractivity contribution in [1.82, 2.24) is 5.32 Å². The van der Waals surface area contributed by atoms with Gasteiger partial charge in [-0.1, -0.05) is 11.6 Å². The van der Waals surface area contributed by atoms with Crippen LogP contribution in [0, 0.1) is 0 Å². The third-order valence-electron chi connectivity index (χ3n) is 4.04. The van der Waals surface area contributed by atoms with Crippen LogP contribution in [0.2, 0.25) is 5.02 Å². The lowest BCUT2D eigenvalue weighted by molar-refractivity contribution is 0.447. The molecule has 1 aromatic heterocycles. The van der Waals surface area contributed by atoms with E-state index in [0.29, 0.717) is 17.3 Å². The molecule has 6 heteroatoms. The van der Waals surface area contributed by atoms with Gasteiger partial charge in [-0.3, -0.25) is 0 Å². The van der Waals surface area contributed by atoms with Crippen LogP contribution in [0.3, 0.4) is 0 Å². The van der Waals surface area contributed by atoms with E-state index in [2.05, 4.69) is 5.32 Å². The highest BCUT2D eigenvalue weighted by molar-refractivity contribution is 7.92. The Balaban J connectivity index is 1.70. The summed E-state index contributed by atoms with van der Waals surface area (Å²) in [5.74, 6) is 1.11. The van der Waals surface area contributed by atoms with Gasteiger partial charge in [0.1, 0.15) is 11.3 Å². The van der Waals surface area contributed by atoms with Gasteiger partial charge in [-0.25, -0.2) is 8.42 Å². The molecular formula is C15H18ClNO3S. The Morgan fingerprint density at radius 3 is 2.95 bits per heavy atom. The van der Waals surface area contributed by atoms with Gasteiger partial charge in [0, 0.05) is 17.0 Å². The highest BCUT2D eigenvalue weighted by Gasteiger charge is 2.31. The molecule has 4 nitrogen and oxygen atoms in total. The highest BCUT2D eigenvalue weighted by atomic mass is 35.5. The SMILES string of the molecule is C[C@@H](NC[C@H]1CCCS1(=O)=O)c1cc2cc(Cl)ccc2o1. The highest BCUT2D eigenvalue weighted by Crippen LogP contribution is 2.27. The number of fused-ring (bicyclic) bond motifs is 1. The molecule has 1 aliphatic heterocycles. The number of rotatable bonds is 4. The summed E-state index contributed by atoms with van der Waals surface area (Å²) in [5.41, 5.74) is 0.788. The van der Waals surface area contributed by atoms with Crippen LogP contribution in [0.4, 0.5) is 0 Å². The van der Waals surface area contributed by atoms with Crippen LogP contribution >= 0.6 is 11.6 Å². The van der Waals surface area contributed by atoms with Crippen molar-refractivity contribution < 1.29 is 12.8 Å². The van der Waals surface area contributed by atoms with Gasteiger partial charge in [0.2, 0.25) is 0 Å². The Labute approximate surface area is 129 Å². The van der Waals surface area contributed by atoms with Crippen LogP contribution < -0.4 is 5.32 Å². The van der Waals surface area contributed by atoms with Gasteiger partial charge in [-0.05, 0) is 44.0 Å². The molecule has 0 spiro atoms. The minimum atomic E-state index is -2.91. The monoisotopic (exact) mass is 327 g/mol. The third-order valence-corrected chi connectivity index (χ3v) is 6.55. The first-order valence-electron chi connectivity index (χ1n) is 7.10. The fourth-order valence-corrected chi connectivity index (χ4v) is 4.70. The van der Waals surface area contributed by atoms with Crippen molar-refractivity contribution in [2.45, 2.75) is 31.1 Å². The smallest absolute Gasteiger partial charge is 0.154 e. The molecule has 0 bridgehead atoms. The molecule has 2 atom stereocenters. The summed E-state index contributed by atoms with van der Waals surface area (Å²) in [6, 6.07) is 7.41. The molecule has 2 aromatic rings. The average Bonchev–Trinajstić information content (AvgIpc) is 2.98. The summed E-state index contributed by atoms with van der Waals surface area (Å²) in [7, 11) is -2.91. The summed E-state index contributed by atoms with van der Waals surface area (Å²) in [6.07, 6.45) is 1.52. The van der Waals surface area contributed by atoms with E-state index in [9.17, 15) is 8.42 Å². The van der Waals surface area contributed by atoms with Gasteiger partial charge in [-0.15, -0.1) is 0 Å². The molecule has 3 rings (SSSR count). The van der Waals surface area contributed by atoms with Crippen LogP contribution in [-0.2, 0) is 9.84 Å². The number of furan rings is 1. The summed E-state index contributed by atoms with van der Waals surface area (Å²) in [5, 5.41) is 4.63. The van der Waals surface area contributed by atoms with E-state index in [1.54, 1.807) is 6.07 Å². The minimum Gasteiger partial charge on any atom is -0.459 e. The molecule has 1 aromatic carbocycles. The number of sulfone groups is 1. The summed E-state index contributed by atoms with van der Waals surface area (Å²) in [4.78, 5) is 0. The third kappa shape index (κ3) is 3.10. The van der Waals surface area contributed by atoms with Crippen LogP contribution in [0.5, 0.6) is 0 Å². The Hall–Kier alpha value is -1.04. The normalized spacial score (nSPS) is 22.7. The van der Waals surface area contributed by atoms with Crippen molar-refractivity contribution in [1.29, 1.82) is 0 Å². The minimum absolute atomic E-state index is 0.0352. The quantitative estimate of drug-likeness (QED) is 0.936. The van der Waals surface area contributed by atoms with E-state index in [1.807, 2.05) is 25.1 Å². The first-order valence-corrected chi connectivity index (χ1v) is 9.19. The van der Waals surface area contributed by atoms with Crippen LogP contribution in [0.15, 0.2) is 28.7 Å². The van der Waals surface area contributed by atoms with E-state index in [4.69, 9.17) is 16.0 Å². The van der Waals surface area contributed by atoms with Crippen LogP contribution in [-0.4, -0.2) is 26.0 Å². The van der Waals surface area contributed by atoms with Crippen molar-refractivity contribution in [2.75, 3.05) is 12.3 Å². The first-order chi connectivity index (χ1) is 9.95. The fraction of sp³-hybridized carbons (Fsp3) is 0.467. The first kappa shape index (κ1) is 14.9. The lowest BCUT2D eigenvalue weighted by Crippen LogP contribution is -2.32. The molecule has 1 aliphatic rings. The van der Waals surface area contributed by atoms with E-state index < -0.39 is 9.84 Å². The van der Waals surface area contributed by atoms with Crippen molar-refractivity contribution in [3.63, 3.8) is 0 Å². The molecule has 2 heterocycles. The Kier molecular flexibility index (Phi) is 3.99. The van der Waals surface area contributed by atoms with Crippen molar-refractivity contribution >= 4 is 32.4 Å². The Morgan fingerprint density at radius 1 is 1.43 bits per heavy atom. The lowest BCUT2D eigenvalue weighted by atomic mass is 10.2. The largest absolute Gasteiger partial charge is 0.459 e. The fourth-order valence-electron chi connectivity index (χ4n) is 2.74. The predicted octanol–water partition coefficient (Wildman–Crippen LogP) is 3.31. The Morgan fingerprint density at radius 2 is 2.24 bits per heavy atom. The predicted molar refractivity (Wildman–Crippen MR) is 84.5 cm³/mol. The molecule has 1 saturated heterocycles. The number of benzene rings is 1. The average molecular weight is 328 g/mol. The maximum Gasteiger partial charge on any atom is 0.154 e. The molecule has 0 amide bonds.